The third-order valence-corrected chi connectivity index (χ3v) is 5.66. The number of benzene rings is 2. The largest absolute Gasteiger partial charge is 0.393 e. The molecule has 0 atom stereocenters. The van der Waals surface area contributed by atoms with Crippen LogP contribution in [-0.4, -0.2) is 48.8 Å². The molecule has 1 aliphatic rings. The number of guanidine groups is 1. The maximum absolute atomic E-state index is 13.2. The molecule has 6 heteroatoms. The number of aryl methyl sites for hydroxylation is 1. The quantitative estimate of drug-likeness (QED) is 0.483. The highest BCUT2D eigenvalue weighted by Crippen LogP contribution is 2.14. The zero-order valence-electron chi connectivity index (χ0n) is 18.0. The molecule has 1 saturated heterocycles. The predicted octanol–water partition coefficient (Wildman–Crippen LogP) is 3.00. The van der Waals surface area contributed by atoms with Gasteiger partial charge in [0.15, 0.2) is 5.96 Å². The van der Waals surface area contributed by atoms with Crippen molar-refractivity contribution in [3.8, 4) is 0 Å². The topological polar surface area (TPSA) is 59.9 Å². The van der Waals surface area contributed by atoms with Crippen LogP contribution < -0.4 is 10.6 Å². The molecule has 1 fully saturated rings. The molecule has 2 aromatic rings. The summed E-state index contributed by atoms with van der Waals surface area (Å²) in [5, 5.41) is 16.3. The summed E-state index contributed by atoms with van der Waals surface area (Å²) in [4.78, 5) is 6.68. The van der Waals surface area contributed by atoms with Gasteiger partial charge in [-0.15, -0.1) is 0 Å². The summed E-state index contributed by atoms with van der Waals surface area (Å²) in [6.45, 7) is 6.23. The minimum atomic E-state index is -0.192. The van der Waals surface area contributed by atoms with Crippen molar-refractivity contribution in [1.82, 2.24) is 15.5 Å². The van der Waals surface area contributed by atoms with Gasteiger partial charge in [-0.1, -0.05) is 30.3 Å². The number of likely N-dealkylation sites (tertiary alicyclic amines) is 1. The van der Waals surface area contributed by atoms with E-state index in [0.717, 1.165) is 62.5 Å². The number of aliphatic hydroxyl groups is 1. The normalized spacial score (nSPS) is 15.9. The van der Waals surface area contributed by atoms with E-state index in [1.807, 2.05) is 13.0 Å². The third-order valence-electron chi connectivity index (χ3n) is 5.66. The van der Waals surface area contributed by atoms with E-state index in [2.05, 4.69) is 44.8 Å². The van der Waals surface area contributed by atoms with Crippen LogP contribution in [0.3, 0.4) is 0 Å². The van der Waals surface area contributed by atoms with Crippen molar-refractivity contribution in [2.45, 2.75) is 45.4 Å². The second-order valence-electron chi connectivity index (χ2n) is 8.00. The molecule has 2 aromatic carbocycles. The van der Waals surface area contributed by atoms with Gasteiger partial charge in [-0.05, 0) is 60.6 Å². The standard InChI is InChI=1S/C24H33FN4O/c1-18-15-22(25)8-7-21(18)9-12-27-24(26-2)28-16-19-3-5-20(6-4-19)17-29-13-10-23(30)11-14-29/h3-8,15,23,30H,9-14,16-17H2,1-2H3,(H2,26,27,28). The smallest absolute Gasteiger partial charge is 0.191 e. The summed E-state index contributed by atoms with van der Waals surface area (Å²) in [6.07, 6.45) is 2.43. The van der Waals surface area contributed by atoms with Gasteiger partial charge in [0.1, 0.15) is 5.82 Å². The highest BCUT2D eigenvalue weighted by Gasteiger charge is 2.16. The molecule has 0 saturated carbocycles. The van der Waals surface area contributed by atoms with Crippen molar-refractivity contribution >= 4 is 5.96 Å². The number of hydrogen-bond donors (Lipinski definition) is 3. The van der Waals surface area contributed by atoms with Gasteiger partial charge in [-0.3, -0.25) is 9.89 Å². The Morgan fingerprint density at radius 2 is 1.80 bits per heavy atom. The molecule has 0 unspecified atom stereocenters. The SMILES string of the molecule is CN=C(NCCc1ccc(F)cc1C)NCc1ccc(CN2CCC(O)CC2)cc1. The third kappa shape index (κ3) is 6.82. The number of hydrogen-bond acceptors (Lipinski definition) is 3. The minimum Gasteiger partial charge on any atom is -0.393 e. The molecule has 1 aliphatic heterocycles. The van der Waals surface area contributed by atoms with Crippen molar-refractivity contribution in [3.05, 3.63) is 70.5 Å². The lowest BCUT2D eigenvalue weighted by atomic mass is 10.1. The van der Waals surface area contributed by atoms with E-state index in [0.29, 0.717) is 6.54 Å². The van der Waals surface area contributed by atoms with Crippen LogP contribution in [0.15, 0.2) is 47.5 Å². The van der Waals surface area contributed by atoms with Gasteiger partial charge in [0.2, 0.25) is 0 Å². The Balaban J connectivity index is 1.41. The second kappa shape index (κ2) is 11.1. The van der Waals surface area contributed by atoms with Crippen LogP contribution in [0.2, 0.25) is 0 Å². The Hall–Kier alpha value is -2.44. The molecule has 3 rings (SSSR count). The fourth-order valence-corrected chi connectivity index (χ4v) is 3.76. The molecule has 30 heavy (non-hydrogen) atoms. The van der Waals surface area contributed by atoms with Crippen molar-refractivity contribution in [1.29, 1.82) is 0 Å². The van der Waals surface area contributed by atoms with Crippen molar-refractivity contribution in [3.63, 3.8) is 0 Å². The van der Waals surface area contributed by atoms with E-state index in [-0.39, 0.29) is 11.9 Å². The highest BCUT2D eigenvalue weighted by atomic mass is 19.1. The molecule has 3 N–H and O–H groups in total. The molecule has 0 radical (unpaired) electrons. The second-order valence-corrected chi connectivity index (χ2v) is 8.00. The molecular weight excluding hydrogens is 379 g/mol. The maximum Gasteiger partial charge on any atom is 0.191 e. The number of halogens is 1. The fourth-order valence-electron chi connectivity index (χ4n) is 3.76. The fraction of sp³-hybridized carbons (Fsp3) is 0.458. The van der Waals surface area contributed by atoms with Gasteiger partial charge in [0.25, 0.3) is 0 Å². The summed E-state index contributed by atoms with van der Waals surface area (Å²) in [6, 6.07) is 13.6. The minimum absolute atomic E-state index is 0.127. The Kier molecular flexibility index (Phi) is 8.22. The van der Waals surface area contributed by atoms with Crippen LogP contribution >= 0.6 is 0 Å². The summed E-state index contributed by atoms with van der Waals surface area (Å²) >= 11 is 0. The molecular formula is C24H33FN4O. The molecule has 0 amide bonds. The average molecular weight is 413 g/mol. The molecule has 162 valence electrons. The summed E-state index contributed by atoms with van der Waals surface area (Å²) in [5.41, 5.74) is 4.61. The van der Waals surface area contributed by atoms with Crippen LogP contribution in [0.25, 0.3) is 0 Å². The molecule has 0 spiro atoms. The van der Waals surface area contributed by atoms with Crippen LogP contribution in [-0.2, 0) is 19.5 Å². The van der Waals surface area contributed by atoms with E-state index in [1.54, 1.807) is 13.1 Å². The summed E-state index contributed by atoms with van der Waals surface area (Å²) in [5.74, 6) is 0.563. The number of aliphatic hydroxyl groups excluding tert-OH is 1. The van der Waals surface area contributed by atoms with Gasteiger partial charge in [-0.2, -0.15) is 0 Å². The first kappa shape index (κ1) is 22.2. The molecule has 5 nitrogen and oxygen atoms in total. The van der Waals surface area contributed by atoms with Crippen LogP contribution in [0, 0.1) is 12.7 Å². The summed E-state index contributed by atoms with van der Waals surface area (Å²) < 4.78 is 13.2. The van der Waals surface area contributed by atoms with Gasteiger partial charge >= 0.3 is 0 Å². The molecule has 0 aliphatic carbocycles. The van der Waals surface area contributed by atoms with Gasteiger partial charge < -0.3 is 15.7 Å². The Morgan fingerprint density at radius 1 is 1.10 bits per heavy atom. The van der Waals surface area contributed by atoms with Gasteiger partial charge in [0.05, 0.1) is 6.10 Å². The van der Waals surface area contributed by atoms with Crippen molar-refractivity contribution in [2.75, 3.05) is 26.7 Å². The lowest BCUT2D eigenvalue weighted by Gasteiger charge is -2.29. The lowest BCUT2D eigenvalue weighted by Crippen LogP contribution is -2.37. The first-order valence-corrected chi connectivity index (χ1v) is 10.7. The van der Waals surface area contributed by atoms with E-state index in [9.17, 15) is 9.50 Å². The van der Waals surface area contributed by atoms with Crippen LogP contribution in [0.1, 0.15) is 35.1 Å². The zero-order valence-corrected chi connectivity index (χ0v) is 18.0. The van der Waals surface area contributed by atoms with E-state index < -0.39 is 0 Å². The predicted molar refractivity (Wildman–Crippen MR) is 120 cm³/mol. The zero-order chi connectivity index (χ0) is 21.3. The van der Waals surface area contributed by atoms with Gasteiger partial charge in [-0.25, -0.2) is 4.39 Å². The average Bonchev–Trinajstić information content (AvgIpc) is 2.74. The monoisotopic (exact) mass is 412 g/mol. The first-order valence-electron chi connectivity index (χ1n) is 10.7. The number of aliphatic imine (C=N–C) groups is 1. The van der Waals surface area contributed by atoms with E-state index >= 15 is 0 Å². The molecule has 0 bridgehead atoms. The molecule has 1 heterocycles. The van der Waals surface area contributed by atoms with E-state index in [4.69, 9.17) is 0 Å². The van der Waals surface area contributed by atoms with E-state index in [1.165, 1.54) is 17.2 Å². The number of piperidine rings is 1. The van der Waals surface area contributed by atoms with Crippen molar-refractivity contribution in [2.24, 2.45) is 4.99 Å². The van der Waals surface area contributed by atoms with Crippen LogP contribution in [0.4, 0.5) is 4.39 Å². The first-order chi connectivity index (χ1) is 14.5. The highest BCUT2D eigenvalue weighted by molar-refractivity contribution is 5.79. The maximum atomic E-state index is 13.2. The Labute approximate surface area is 179 Å². The summed E-state index contributed by atoms with van der Waals surface area (Å²) in [7, 11) is 1.76. The van der Waals surface area contributed by atoms with Gasteiger partial charge in [0, 0.05) is 39.8 Å². The number of rotatable bonds is 7. The van der Waals surface area contributed by atoms with Crippen molar-refractivity contribution < 1.29 is 9.50 Å². The Bertz CT molecular complexity index is 830. The molecule has 0 aromatic heterocycles. The number of nitrogens with one attached hydrogen (secondary N) is 2. The number of nitrogens with zero attached hydrogens (tertiary/aromatic N) is 2. The lowest BCUT2D eigenvalue weighted by molar-refractivity contribution is 0.0792. The Morgan fingerprint density at radius 3 is 2.47 bits per heavy atom. The van der Waals surface area contributed by atoms with Crippen LogP contribution in [0.5, 0.6) is 0 Å².